The van der Waals surface area contributed by atoms with Gasteiger partial charge in [0.25, 0.3) is 0 Å². The highest BCUT2D eigenvalue weighted by molar-refractivity contribution is 9.10. The van der Waals surface area contributed by atoms with Crippen LogP contribution in [-0.4, -0.2) is 7.11 Å². The van der Waals surface area contributed by atoms with Crippen LogP contribution in [0, 0.1) is 5.82 Å². The number of ether oxygens (including phenoxy) is 2. The summed E-state index contributed by atoms with van der Waals surface area (Å²) >= 11 is 3.06. The van der Waals surface area contributed by atoms with Crippen LogP contribution in [0.25, 0.3) is 0 Å². The highest BCUT2D eigenvalue weighted by Gasteiger charge is 2.08. The molecule has 0 bridgehead atoms. The molecule has 0 radical (unpaired) electrons. The van der Waals surface area contributed by atoms with Gasteiger partial charge in [0.1, 0.15) is 17.3 Å². The van der Waals surface area contributed by atoms with E-state index in [1.54, 1.807) is 31.4 Å². The van der Waals surface area contributed by atoms with Crippen molar-refractivity contribution >= 4 is 21.6 Å². The third-order valence-corrected chi connectivity index (χ3v) is 2.95. The molecule has 0 unspecified atom stereocenters. The number of hydrogen-bond donors (Lipinski definition) is 1. The van der Waals surface area contributed by atoms with Gasteiger partial charge >= 0.3 is 0 Å². The Hall–Kier alpha value is -1.75. The van der Waals surface area contributed by atoms with E-state index in [0.717, 1.165) is 5.75 Å². The zero-order valence-electron chi connectivity index (χ0n) is 9.61. The normalized spacial score (nSPS) is 10.2. The lowest BCUT2D eigenvalue weighted by Crippen LogP contribution is -1.94. The first-order valence-corrected chi connectivity index (χ1v) is 5.96. The highest BCUT2D eigenvalue weighted by atomic mass is 79.9. The molecule has 0 saturated heterocycles. The number of benzene rings is 2. The molecule has 0 fully saturated rings. The lowest BCUT2D eigenvalue weighted by atomic mass is 10.3. The molecule has 0 aliphatic heterocycles. The molecule has 2 rings (SSSR count). The van der Waals surface area contributed by atoms with Gasteiger partial charge in [0, 0.05) is 6.07 Å². The Morgan fingerprint density at radius 1 is 1.11 bits per heavy atom. The number of methoxy groups -OCH3 is 1. The van der Waals surface area contributed by atoms with E-state index in [-0.39, 0.29) is 5.75 Å². The van der Waals surface area contributed by atoms with Crippen molar-refractivity contribution in [3.8, 4) is 17.2 Å². The molecule has 94 valence electrons. The number of nitrogen functional groups attached to an aromatic ring is 1. The summed E-state index contributed by atoms with van der Waals surface area (Å²) in [5, 5.41) is 0. The first kappa shape index (κ1) is 12.7. The van der Waals surface area contributed by atoms with Crippen LogP contribution in [0.1, 0.15) is 0 Å². The molecule has 0 amide bonds. The predicted molar refractivity (Wildman–Crippen MR) is 71.6 cm³/mol. The van der Waals surface area contributed by atoms with E-state index in [2.05, 4.69) is 15.9 Å². The fraction of sp³-hybridized carbons (Fsp3) is 0.0769. The van der Waals surface area contributed by atoms with E-state index >= 15 is 0 Å². The van der Waals surface area contributed by atoms with E-state index < -0.39 is 5.82 Å². The smallest absolute Gasteiger partial charge is 0.153 e. The monoisotopic (exact) mass is 311 g/mol. The van der Waals surface area contributed by atoms with Crippen molar-refractivity contribution in [2.45, 2.75) is 0 Å². The van der Waals surface area contributed by atoms with Gasteiger partial charge in [0.15, 0.2) is 5.75 Å². The first-order valence-electron chi connectivity index (χ1n) is 5.16. The van der Waals surface area contributed by atoms with Crippen LogP contribution in [-0.2, 0) is 0 Å². The molecule has 0 aliphatic rings. The summed E-state index contributed by atoms with van der Waals surface area (Å²) in [4.78, 5) is 0. The summed E-state index contributed by atoms with van der Waals surface area (Å²) in [6.45, 7) is 0. The van der Waals surface area contributed by atoms with Crippen LogP contribution in [0.2, 0.25) is 0 Å². The van der Waals surface area contributed by atoms with Crippen molar-refractivity contribution in [2.24, 2.45) is 0 Å². The average Bonchev–Trinajstić information content (AvgIpc) is 2.37. The number of anilines is 1. The van der Waals surface area contributed by atoms with Gasteiger partial charge in [-0.25, -0.2) is 4.39 Å². The minimum atomic E-state index is -0.423. The molecule has 18 heavy (non-hydrogen) atoms. The molecular weight excluding hydrogens is 301 g/mol. The van der Waals surface area contributed by atoms with Crippen LogP contribution < -0.4 is 15.2 Å². The average molecular weight is 312 g/mol. The Balaban J connectivity index is 2.25. The lowest BCUT2D eigenvalue weighted by molar-refractivity contribution is 0.413. The maximum Gasteiger partial charge on any atom is 0.153 e. The molecule has 0 atom stereocenters. The molecule has 2 N–H and O–H groups in total. The van der Waals surface area contributed by atoms with Gasteiger partial charge in [-0.3, -0.25) is 0 Å². The molecule has 2 aromatic rings. The molecule has 0 spiro atoms. The van der Waals surface area contributed by atoms with E-state index in [1.807, 2.05) is 0 Å². The fourth-order valence-electron chi connectivity index (χ4n) is 1.40. The van der Waals surface area contributed by atoms with Crippen LogP contribution in [0.4, 0.5) is 10.1 Å². The number of nitrogens with two attached hydrogens (primary N) is 1. The summed E-state index contributed by atoms with van der Waals surface area (Å²) in [5.74, 6) is 1.13. The number of rotatable bonds is 3. The second kappa shape index (κ2) is 5.27. The standard InChI is InChI=1S/C13H11BrFNO2/c1-17-8-2-4-9(5-3-8)18-13-7-11(15)10(14)6-12(13)16/h2-7H,16H2,1H3. The molecule has 0 aliphatic carbocycles. The van der Waals surface area contributed by atoms with Gasteiger partial charge < -0.3 is 15.2 Å². The van der Waals surface area contributed by atoms with Crippen molar-refractivity contribution in [1.29, 1.82) is 0 Å². The van der Waals surface area contributed by atoms with Crippen molar-refractivity contribution in [1.82, 2.24) is 0 Å². The van der Waals surface area contributed by atoms with E-state index in [1.165, 1.54) is 12.1 Å². The Labute approximate surface area is 112 Å². The van der Waals surface area contributed by atoms with Gasteiger partial charge in [-0.15, -0.1) is 0 Å². The quantitative estimate of drug-likeness (QED) is 0.872. The Bertz CT molecular complexity index is 558. The third kappa shape index (κ3) is 2.73. The summed E-state index contributed by atoms with van der Waals surface area (Å²) in [6, 6.07) is 9.65. The SMILES string of the molecule is COc1ccc(Oc2cc(F)c(Br)cc2N)cc1. The van der Waals surface area contributed by atoms with Crippen molar-refractivity contribution in [3.05, 3.63) is 46.7 Å². The Morgan fingerprint density at radius 3 is 2.33 bits per heavy atom. The van der Waals surface area contributed by atoms with Crippen molar-refractivity contribution in [2.75, 3.05) is 12.8 Å². The van der Waals surface area contributed by atoms with Gasteiger partial charge in [-0.05, 0) is 46.3 Å². The number of halogens is 2. The topological polar surface area (TPSA) is 44.5 Å². The first-order chi connectivity index (χ1) is 8.60. The summed E-state index contributed by atoms with van der Waals surface area (Å²) in [5.41, 5.74) is 6.11. The second-order valence-corrected chi connectivity index (χ2v) is 4.44. The predicted octanol–water partition coefficient (Wildman–Crippen LogP) is 3.97. The molecular formula is C13H11BrFNO2. The Kier molecular flexibility index (Phi) is 3.72. The zero-order chi connectivity index (χ0) is 13.1. The van der Waals surface area contributed by atoms with Crippen molar-refractivity contribution < 1.29 is 13.9 Å². The van der Waals surface area contributed by atoms with Crippen LogP contribution in [0.5, 0.6) is 17.2 Å². The second-order valence-electron chi connectivity index (χ2n) is 3.58. The number of hydrogen-bond acceptors (Lipinski definition) is 3. The van der Waals surface area contributed by atoms with Gasteiger partial charge in [-0.1, -0.05) is 0 Å². The maximum atomic E-state index is 13.4. The fourth-order valence-corrected chi connectivity index (χ4v) is 1.76. The highest BCUT2D eigenvalue weighted by Crippen LogP contribution is 2.32. The molecule has 3 nitrogen and oxygen atoms in total. The Morgan fingerprint density at radius 2 is 1.72 bits per heavy atom. The molecule has 0 heterocycles. The minimum absolute atomic E-state index is 0.279. The molecule has 0 saturated carbocycles. The van der Waals surface area contributed by atoms with Crippen LogP contribution in [0.15, 0.2) is 40.9 Å². The molecule has 0 aromatic heterocycles. The van der Waals surface area contributed by atoms with Gasteiger partial charge in [0.2, 0.25) is 0 Å². The molecule has 2 aromatic carbocycles. The lowest BCUT2D eigenvalue weighted by Gasteiger charge is -2.09. The molecule has 5 heteroatoms. The van der Waals surface area contributed by atoms with Gasteiger partial charge in [0.05, 0.1) is 17.3 Å². The maximum absolute atomic E-state index is 13.4. The summed E-state index contributed by atoms with van der Waals surface area (Å²) in [7, 11) is 1.58. The minimum Gasteiger partial charge on any atom is -0.497 e. The summed E-state index contributed by atoms with van der Waals surface area (Å²) < 4.78 is 24.2. The van der Waals surface area contributed by atoms with Crippen molar-refractivity contribution in [3.63, 3.8) is 0 Å². The summed E-state index contributed by atoms with van der Waals surface area (Å²) in [6.07, 6.45) is 0. The zero-order valence-corrected chi connectivity index (χ0v) is 11.2. The largest absolute Gasteiger partial charge is 0.497 e. The van der Waals surface area contributed by atoms with Crippen LogP contribution in [0.3, 0.4) is 0 Å². The van der Waals surface area contributed by atoms with Gasteiger partial charge in [-0.2, -0.15) is 0 Å². The van der Waals surface area contributed by atoms with E-state index in [9.17, 15) is 4.39 Å². The third-order valence-electron chi connectivity index (χ3n) is 2.34. The van der Waals surface area contributed by atoms with Crippen LogP contribution >= 0.6 is 15.9 Å². The van der Waals surface area contributed by atoms with E-state index in [4.69, 9.17) is 15.2 Å². The van der Waals surface area contributed by atoms with E-state index in [0.29, 0.717) is 15.9 Å².